The van der Waals surface area contributed by atoms with Crippen LogP contribution >= 0.6 is 0 Å². The van der Waals surface area contributed by atoms with Crippen molar-refractivity contribution in [3.8, 4) is 0 Å². The van der Waals surface area contributed by atoms with Crippen LogP contribution in [0.3, 0.4) is 0 Å². The molecule has 0 unspecified atom stereocenters. The molecular formula is C9H17NO3. The van der Waals surface area contributed by atoms with Crippen LogP contribution in [0.15, 0.2) is 0 Å². The van der Waals surface area contributed by atoms with Crippen molar-refractivity contribution in [2.45, 2.75) is 33.6 Å². The van der Waals surface area contributed by atoms with Gasteiger partial charge < -0.3 is 9.64 Å². The topological polar surface area (TPSA) is 46.6 Å². The molecule has 0 atom stereocenters. The molecule has 0 heterocycles. The molecule has 0 spiro atoms. The van der Waals surface area contributed by atoms with E-state index in [1.165, 1.54) is 18.7 Å². The molecule has 4 heteroatoms. The summed E-state index contributed by atoms with van der Waals surface area (Å²) in [5.41, 5.74) is 0. The normalized spacial score (nSPS) is 9.46. The molecule has 0 radical (unpaired) electrons. The van der Waals surface area contributed by atoms with E-state index in [9.17, 15) is 9.59 Å². The van der Waals surface area contributed by atoms with Gasteiger partial charge in [-0.15, -0.1) is 0 Å². The Morgan fingerprint density at radius 3 is 2.31 bits per heavy atom. The number of nitrogens with zero attached hydrogens (tertiary/aromatic N) is 1. The highest BCUT2D eigenvalue weighted by Crippen LogP contribution is 1.96. The maximum absolute atomic E-state index is 11.0. The first kappa shape index (κ1) is 11.9. The highest BCUT2D eigenvalue weighted by molar-refractivity contribution is 5.73. The molecule has 0 fully saturated rings. The summed E-state index contributed by atoms with van der Waals surface area (Å²) in [5, 5.41) is 0. The van der Waals surface area contributed by atoms with Gasteiger partial charge in [-0.05, 0) is 6.42 Å². The molecule has 1 amide bonds. The molecule has 0 N–H and O–H groups in total. The molecular weight excluding hydrogens is 170 g/mol. The summed E-state index contributed by atoms with van der Waals surface area (Å²) < 4.78 is 4.73. The Labute approximate surface area is 78.9 Å². The number of amides is 1. The highest BCUT2D eigenvalue weighted by atomic mass is 16.5. The first-order valence-corrected chi connectivity index (χ1v) is 4.46. The second-order valence-electron chi connectivity index (χ2n) is 2.90. The number of unbranched alkanes of at least 4 members (excludes halogenated alkanes) is 1. The minimum absolute atomic E-state index is 0.0605. The second-order valence-corrected chi connectivity index (χ2v) is 2.90. The van der Waals surface area contributed by atoms with E-state index in [0.717, 1.165) is 12.8 Å². The van der Waals surface area contributed by atoms with Gasteiger partial charge in [0.15, 0.2) is 6.73 Å². The smallest absolute Gasteiger partial charge is 0.304 e. The molecule has 0 aromatic heterocycles. The first-order chi connectivity index (χ1) is 6.07. The largest absolute Gasteiger partial charge is 0.444 e. The van der Waals surface area contributed by atoms with Crippen LogP contribution in [0.25, 0.3) is 0 Å². The fourth-order valence-corrected chi connectivity index (χ4v) is 0.831. The Bertz CT molecular complexity index is 180. The van der Waals surface area contributed by atoms with Gasteiger partial charge in [0.1, 0.15) is 0 Å². The van der Waals surface area contributed by atoms with Crippen LogP contribution in [0, 0.1) is 0 Å². The molecule has 0 bridgehead atoms. The quantitative estimate of drug-likeness (QED) is 0.479. The molecule has 76 valence electrons. The van der Waals surface area contributed by atoms with Gasteiger partial charge >= 0.3 is 5.97 Å². The van der Waals surface area contributed by atoms with Crippen molar-refractivity contribution in [1.29, 1.82) is 0 Å². The molecule has 0 saturated carbocycles. The van der Waals surface area contributed by atoms with E-state index >= 15 is 0 Å². The Morgan fingerprint density at radius 1 is 1.31 bits per heavy atom. The number of ether oxygens (including phenoxy) is 1. The first-order valence-electron chi connectivity index (χ1n) is 4.46. The Hall–Kier alpha value is -1.06. The fraction of sp³-hybridized carbons (Fsp3) is 0.778. The number of rotatable bonds is 5. The molecule has 0 aromatic rings. The van der Waals surface area contributed by atoms with Gasteiger partial charge in [-0.2, -0.15) is 0 Å². The van der Waals surface area contributed by atoms with Crippen molar-refractivity contribution in [3.05, 3.63) is 0 Å². The highest BCUT2D eigenvalue weighted by Gasteiger charge is 2.08. The third-order valence-corrected chi connectivity index (χ3v) is 1.65. The van der Waals surface area contributed by atoms with Gasteiger partial charge in [0.05, 0.1) is 0 Å². The lowest BCUT2D eigenvalue weighted by molar-refractivity contribution is -0.150. The lowest BCUT2D eigenvalue weighted by Crippen LogP contribution is -2.32. The summed E-state index contributed by atoms with van der Waals surface area (Å²) in [6.07, 6.45) is 1.95. The van der Waals surface area contributed by atoms with Crippen LogP contribution in [0.1, 0.15) is 33.6 Å². The Kier molecular flexibility index (Phi) is 5.93. The van der Waals surface area contributed by atoms with Crippen molar-refractivity contribution >= 4 is 11.9 Å². The maximum Gasteiger partial charge on any atom is 0.304 e. The van der Waals surface area contributed by atoms with Crippen LogP contribution in [-0.2, 0) is 14.3 Å². The summed E-state index contributed by atoms with van der Waals surface area (Å²) in [4.78, 5) is 23.0. The van der Waals surface area contributed by atoms with Gasteiger partial charge in [-0.25, -0.2) is 0 Å². The van der Waals surface area contributed by atoms with Crippen LogP contribution in [0.5, 0.6) is 0 Å². The summed E-state index contributed by atoms with van der Waals surface area (Å²) in [6, 6.07) is 0. The van der Waals surface area contributed by atoms with Crippen LogP contribution in [0.4, 0.5) is 0 Å². The van der Waals surface area contributed by atoms with E-state index in [1.807, 2.05) is 6.92 Å². The summed E-state index contributed by atoms with van der Waals surface area (Å²) in [7, 11) is 0. The lowest BCUT2D eigenvalue weighted by atomic mass is 10.3. The van der Waals surface area contributed by atoms with Crippen molar-refractivity contribution in [3.63, 3.8) is 0 Å². The number of carbonyl (C=O) groups excluding carboxylic acids is 2. The van der Waals surface area contributed by atoms with Gasteiger partial charge in [0, 0.05) is 20.4 Å². The van der Waals surface area contributed by atoms with Crippen LogP contribution < -0.4 is 0 Å². The van der Waals surface area contributed by atoms with E-state index in [4.69, 9.17) is 4.74 Å². The summed E-state index contributed by atoms with van der Waals surface area (Å²) in [5.74, 6) is -0.419. The molecule has 13 heavy (non-hydrogen) atoms. The van der Waals surface area contributed by atoms with E-state index < -0.39 is 0 Å². The number of hydrogen-bond donors (Lipinski definition) is 0. The monoisotopic (exact) mass is 187 g/mol. The van der Waals surface area contributed by atoms with Gasteiger partial charge in [-0.3, -0.25) is 9.59 Å². The van der Waals surface area contributed by atoms with E-state index in [2.05, 4.69) is 0 Å². The van der Waals surface area contributed by atoms with Crippen molar-refractivity contribution in [2.75, 3.05) is 13.3 Å². The van der Waals surface area contributed by atoms with E-state index in [0.29, 0.717) is 6.54 Å². The van der Waals surface area contributed by atoms with Crippen molar-refractivity contribution < 1.29 is 14.3 Å². The van der Waals surface area contributed by atoms with Gasteiger partial charge in [0.25, 0.3) is 0 Å². The Balaban J connectivity index is 3.80. The molecule has 0 aliphatic heterocycles. The molecule has 0 aliphatic rings. The molecule has 0 rings (SSSR count). The van der Waals surface area contributed by atoms with Crippen molar-refractivity contribution in [2.24, 2.45) is 0 Å². The maximum atomic E-state index is 11.0. The average Bonchev–Trinajstić information content (AvgIpc) is 2.03. The lowest BCUT2D eigenvalue weighted by Gasteiger charge is -2.19. The Morgan fingerprint density at radius 2 is 1.92 bits per heavy atom. The SMILES string of the molecule is CCCCN(COC(C)=O)C(C)=O. The zero-order valence-electron chi connectivity index (χ0n) is 8.50. The predicted molar refractivity (Wildman–Crippen MR) is 48.9 cm³/mol. The standard InChI is InChI=1S/C9H17NO3/c1-4-5-6-10(8(2)11)7-13-9(3)12/h4-7H2,1-3H3. The predicted octanol–water partition coefficient (Wildman–Crippen LogP) is 1.16. The fourth-order valence-electron chi connectivity index (χ4n) is 0.831. The van der Waals surface area contributed by atoms with Crippen molar-refractivity contribution in [1.82, 2.24) is 4.90 Å². The summed E-state index contributed by atoms with van der Waals surface area (Å²) >= 11 is 0. The van der Waals surface area contributed by atoms with Crippen LogP contribution in [-0.4, -0.2) is 30.1 Å². The molecule has 0 aliphatic carbocycles. The third kappa shape index (κ3) is 6.13. The minimum atomic E-state index is -0.359. The average molecular weight is 187 g/mol. The molecule has 0 aromatic carbocycles. The number of esters is 1. The van der Waals surface area contributed by atoms with E-state index in [-0.39, 0.29) is 18.6 Å². The second kappa shape index (κ2) is 6.46. The minimum Gasteiger partial charge on any atom is -0.444 e. The number of carbonyl (C=O) groups is 2. The van der Waals surface area contributed by atoms with E-state index in [1.54, 1.807) is 0 Å². The van der Waals surface area contributed by atoms with Crippen LogP contribution in [0.2, 0.25) is 0 Å². The number of hydrogen-bond acceptors (Lipinski definition) is 3. The third-order valence-electron chi connectivity index (χ3n) is 1.65. The van der Waals surface area contributed by atoms with Gasteiger partial charge in [0.2, 0.25) is 5.91 Å². The molecule has 4 nitrogen and oxygen atoms in total. The molecule has 0 saturated heterocycles. The van der Waals surface area contributed by atoms with Gasteiger partial charge in [-0.1, -0.05) is 13.3 Å². The summed E-state index contributed by atoms with van der Waals surface area (Å²) in [6.45, 7) is 5.57. The zero-order chi connectivity index (χ0) is 10.3. The zero-order valence-corrected chi connectivity index (χ0v) is 8.50.